The van der Waals surface area contributed by atoms with Gasteiger partial charge >= 0.3 is 0 Å². The fourth-order valence-electron chi connectivity index (χ4n) is 1.92. The lowest BCUT2D eigenvalue weighted by molar-refractivity contribution is -0.118. The molecule has 0 aromatic heterocycles. The number of benzene rings is 1. The van der Waals surface area contributed by atoms with Crippen LogP contribution >= 0.6 is 11.6 Å². The van der Waals surface area contributed by atoms with Crippen LogP contribution in [-0.4, -0.2) is 24.1 Å². The van der Waals surface area contributed by atoms with E-state index in [4.69, 9.17) is 27.3 Å². The second-order valence-electron chi connectivity index (χ2n) is 4.66. The third-order valence-electron chi connectivity index (χ3n) is 3.10. The van der Waals surface area contributed by atoms with Crippen LogP contribution in [0.3, 0.4) is 0 Å². The van der Waals surface area contributed by atoms with Gasteiger partial charge in [-0.15, -0.1) is 0 Å². The summed E-state index contributed by atoms with van der Waals surface area (Å²) in [5.74, 6) is -0.708. The largest absolute Gasteiger partial charge is 0.495 e. The molecule has 1 aromatic rings. The molecule has 0 radical (unpaired) electrons. The summed E-state index contributed by atoms with van der Waals surface area (Å²) in [5.41, 5.74) is 6.87. The van der Waals surface area contributed by atoms with Gasteiger partial charge in [-0.25, -0.2) is 0 Å². The van der Waals surface area contributed by atoms with Gasteiger partial charge in [-0.2, -0.15) is 0 Å². The lowest BCUT2D eigenvalue weighted by atomic mass is 10.0. The molecule has 1 unspecified atom stereocenters. The van der Waals surface area contributed by atoms with Crippen LogP contribution in [0, 0.1) is 12.8 Å². The van der Waals surface area contributed by atoms with Gasteiger partial charge in [-0.1, -0.05) is 30.1 Å². The molecule has 1 aromatic carbocycles. The van der Waals surface area contributed by atoms with E-state index in [2.05, 4.69) is 10.5 Å². The number of hydrogen-bond acceptors (Lipinski definition) is 4. The number of amides is 1. The molecule has 1 atom stereocenters. The number of methoxy groups -OCH3 is 1. The van der Waals surface area contributed by atoms with Crippen molar-refractivity contribution in [2.24, 2.45) is 16.8 Å². The minimum absolute atomic E-state index is 0.112. The Morgan fingerprint density at radius 3 is 2.76 bits per heavy atom. The molecule has 1 amide bonds. The molecule has 0 fully saturated rings. The molecule has 6 nitrogen and oxygen atoms in total. The van der Waals surface area contributed by atoms with E-state index in [1.807, 2.05) is 13.8 Å². The lowest BCUT2D eigenvalue weighted by Gasteiger charge is -2.17. The smallest absolute Gasteiger partial charge is 0.235 e. The molecule has 116 valence electrons. The zero-order chi connectivity index (χ0) is 16.0. The quantitative estimate of drug-likeness (QED) is 0.325. The first-order chi connectivity index (χ1) is 9.94. The lowest BCUT2D eigenvalue weighted by Crippen LogP contribution is -2.34. The highest BCUT2D eigenvalue weighted by molar-refractivity contribution is 6.31. The molecule has 0 aliphatic rings. The number of nitrogens with two attached hydrogens (primary N) is 1. The van der Waals surface area contributed by atoms with Crippen LogP contribution in [0.2, 0.25) is 5.02 Å². The van der Waals surface area contributed by atoms with Crippen molar-refractivity contribution in [1.29, 1.82) is 0 Å². The van der Waals surface area contributed by atoms with E-state index in [0.29, 0.717) is 22.9 Å². The van der Waals surface area contributed by atoms with Crippen molar-refractivity contribution < 1.29 is 14.7 Å². The first kappa shape index (κ1) is 17.1. The molecule has 0 aliphatic heterocycles. The summed E-state index contributed by atoms with van der Waals surface area (Å²) in [6.45, 7) is 3.74. The Kier molecular flexibility index (Phi) is 6.30. The molecular formula is C14H20ClN3O3. The number of carbonyl (C=O) groups is 1. The normalized spacial score (nSPS) is 12.9. The second kappa shape index (κ2) is 7.73. The predicted molar refractivity (Wildman–Crippen MR) is 83.2 cm³/mol. The summed E-state index contributed by atoms with van der Waals surface area (Å²) in [5, 5.41) is 15.0. The van der Waals surface area contributed by atoms with Crippen molar-refractivity contribution in [3.63, 3.8) is 0 Å². The van der Waals surface area contributed by atoms with E-state index < -0.39 is 5.92 Å². The van der Waals surface area contributed by atoms with Crippen molar-refractivity contribution in [1.82, 2.24) is 0 Å². The highest BCUT2D eigenvalue weighted by Gasteiger charge is 2.23. The first-order valence-corrected chi connectivity index (χ1v) is 6.94. The van der Waals surface area contributed by atoms with Crippen molar-refractivity contribution in [2.45, 2.75) is 26.7 Å². The maximum atomic E-state index is 12.3. The number of rotatable bonds is 6. The van der Waals surface area contributed by atoms with Crippen molar-refractivity contribution in [3.8, 4) is 5.75 Å². The highest BCUT2D eigenvalue weighted by Crippen LogP contribution is 2.31. The van der Waals surface area contributed by atoms with E-state index in [0.717, 1.165) is 12.0 Å². The third kappa shape index (κ3) is 4.26. The molecule has 4 N–H and O–H groups in total. The molecule has 7 heteroatoms. The number of aryl methyl sites for hydroxylation is 1. The van der Waals surface area contributed by atoms with Gasteiger partial charge in [0.1, 0.15) is 5.75 Å². The standard InChI is InChI=1S/C14H20ClN3O3/c1-4-5-9(13(16)18-20)14(19)17-11-6-8(2)10(15)7-12(11)21-3/h6-7,9,20H,4-5H2,1-3H3,(H2,16,18)(H,17,19). The number of anilines is 1. The molecule has 0 aliphatic carbocycles. The topological polar surface area (TPSA) is 96.9 Å². The zero-order valence-electron chi connectivity index (χ0n) is 12.3. The van der Waals surface area contributed by atoms with Gasteiger partial charge in [0.25, 0.3) is 0 Å². The number of amidine groups is 1. The Morgan fingerprint density at radius 1 is 1.57 bits per heavy atom. The van der Waals surface area contributed by atoms with Gasteiger partial charge < -0.3 is 21.0 Å². The van der Waals surface area contributed by atoms with Crippen LogP contribution in [0.15, 0.2) is 17.3 Å². The van der Waals surface area contributed by atoms with Gasteiger partial charge in [0.15, 0.2) is 5.84 Å². The predicted octanol–water partition coefficient (Wildman–Crippen LogP) is 2.76. The van der Waals surface area contributed by atoms with E-state index in [1.165, 1.54) is 7.11 Å². The second-order valence-corrected chi connectivity index (χ2v) is 5.06. The summed E-state index contributed by atoms with van der Waals surface area (Å²) in [4.78, 5) is 12.3. The van der Waals surface area contributed by atoms with Crippen LogP contribution in [0.5, 0.6) is 5.75 Å². The van der Waals surface area contributed by atoms with Crippen molar-refractivity contribution in [3.05, 3.63) is 22.7 Å². The van der Waals surface area contributed by atoms with E-state index >= 15 is 0 Å². The summed E-state index contributed by atoms with van der Waals surface area (Å²) in [6.07, 6.45) is 1.21. The maximum absolute atomic E-state index is 12.3. The van der Waals surface area contributed by atoms with Crippen molar-refractivity contribution >= 4 is 29.0 Å². The monoisotopic (exact) mass is 313 g/mol. The molecule has 21 heavy (non-hydrogen) atoms. The molecule has 0 bridgehead atoms. The molecule has 0 spiro atoms. The van der Waals surface area contributed by atoms with Crippen LogP contribution < -0.4 is 15.8 Å². The van der Waals surface area contributed by atoms with E-state index in [9.17, 15) is 4.79 Å². The number of oxime groups is 1. The Morgan fingerprint density at radius 2 is 2.24 bits per heavy atom. The number of nitrogens with one attached hydrogen (secondary N) is 1. The summed E-state index contributed by atoms with van der Waals surface area (Å²) >= 11 is 6.02. The van der Waals surface area contributed by atoms with Gasteiger partial charge in [-0.3, -0.25) is 4.79 Å². The SMILES string of the molecule is CCCC(C(=O)Nc1cc(C)c(Cl)cc1OC)C(N)=NO. The van der Waals surface area contributed by atoms with Gasteiger partial charge in [0.05, 0.1) is 18.7 Å². The molecule has 0 saturated heterocycles. The van der Waals surface area contributed by atoms with Crippen molar-refractivity contribution in [2.75, 3.05) is 12.4 Å². The average Bonchev–Trinajstić information content (AvgIpc) is 2.47. The minimum atomic E-state index is -0.694. The van der Waals surface area contributed by atoms with Gasteiger partial charge in [0.2, 0.25) is 5.91 Å². The summed E-state index contributed by atoms with van der Waals surface area (Å²) in [7, 11) is 1.49. The van der Waals surface area contributed by atoms with Crippen LogP contribution in [0.4, 0.5) is 5.69 Å². The van der Waals surface area contributed by atoms with Crippen LogP contribution in [-0.2, 0) is 4.79 Å². The number of nitrogens with zero attached hydrogens (tertiary/aromatic N) is 1. The first-order valence-electron chi connectivity index (χ1n) is 6.57. The molecule has 0 saturated carbocycles. The van der Waals surface area contributed by atoms with Gasteiger partial charge in [-0.05, 0) is 25.0 Å². The highest BCUT2D eigenvalue weighted by atomic mass is 35.5. The average molecular weight is 314 g/mol. The summed E-state index contributed by atoms with van der Waals surface area (Å²) < 4.78 is 5.20. The number of ether oxygens (including phenoxy) is 1. The maximum Gasteiger partial charge on any atom is 0.235 e. The number of carbonyl (C=O) groups excluding carboxylic acids is 1. The van der Waals surface area contributed by atoms with E-state index in [-0.39, 0.29) is 11.7 Å². The molecule has 1 rings (SSSR count). The number of halogens is 1. The van der Waals surface area contributed by atoms with Crippen LogP contribution in [0.25, 0.3) is 0 Å². The fraction of sp³-hybridized carbons (Fsp3) is 0.429. The minimum Gasteiger partial charge on any atom is -0.495 e. The number of hydrogen-bond donors (Lipinski definition) is 3. The Balaban J connectivity index is 3.03. The Labute approximate surface area is 128 Å². The Hall–Kier alpha value is -1.95. The Bertz CT molecular complexity index is 547. The van der Waals surface area contributed by atoms with E-state index in [1.54, 1.807) is 12.1 Å². The third-order valence-corrected chi connectivity index (χ3v) is 3.51. The van der Waals surface area contributed by atoms with Gasteiger partial charge in [0, 0.05) is 11.1 Å². The zero-order valence-corrected chi connectivity index (χ0v) is 13.1. The molecule has 0 heterocycles. The summed E-state index contributed by atoms with van der Waals surface area (Å²) in [6, 6.07) is 3.35. The molecular weight excluding hydrogens is 294 g/mol. The van der Waals surface area contributed by atoms with Crippen LogP contribution in [0.1, 0.15) is 25.3 Å². The fourth-order valence-corrected chi connectivity index (χ4v) is 2.07.